The molecule has 108 valence electrons. The van der Waals surface area contributed by atoms with Crippen LogP contribution in [0.1, 0.15) is 5.56 Å². The number of carbonyl (C=O) groups excluding carboxylic acids is 1. The van der Waals surface area contributed by atoms with Gasteiger partial charge in [-0.2, -0.15) is 0 Å². The largest absolute Gasteiger partial charge is 0.482 e. The second-order valence-corrected chi connectivity index (χ2v) is 5.08. The lowest BCUT2D eigenvalue weighted by molar-refractivity contribution is -0.118. The van der Waals surface area contributed by atoms with Crippen LogP contribution >= 0.6 is 11.6 Å². The van der Waals surface area contributed by atoms with Crippen molar-refractivity contribution in [2.45, 2.75) is 6.54 Å². The summed E-state index contributed by atoms with van der Waals surface area (Å²) in [6.07, 6.45) is 0. The van der Waals surface area contributed by atoms with Crippen molar-refractivity contribution in [2.24, 2.45) is 0 Å². The molecule has 2 N–H and O–H groups in total. The average Bonchev–Trinajstić information content (AvgIpc) is 2.47. The molecule has 1 aliphatic heterocycles. The Hall–Kier alpha value is -2.27. The van der Waals surface area contributed by atoms with Crippen molar-refractivity contribution >= 4 is 28.9 Å². The molecule has 1 aliphatic rings. The number of benzene rings is 2. The van der Waals surface area contributed by atoms with Crippen molar-refractivity contribution in [1.82, 2.24) is 0 Å². The Morgan fingerprint density at radius 2 is 2.14 bits per heavy atom. The van der Waals surface area contributed by atoms with Gasteiger partial charge in [-0.1, -0.05) is 17.7 Å². The van der Waals surface area contributed by atoms with Gasteiger partial charge in [0.1, 0.15) is 11.6 Å². The lowest BCUT2D eigenvalue weighted by Gasteiger charge is -2.18. The maximum atomic E-state index is 13.6. The fourth-order valence-corrected chi connectivity index (χ4v) is 2.24. The predicted octanol–water partition coefficient (Wildman–Crippen LogP) is 3.42. The van der Waals surface area contributed by atoms with Crippen LogP contribution in [0.15, 0.2) is 36.4 Å². The molecule has 0 unspecified atom stereocenters. The Morgan fingerprint density at radius 1 is 1.29 bits per heavy atom. The second kappa shape index (κ2) is 5.61. The van der Waals surface area contributed by atoms with E-state index in [1.54, 1.807) is 12.1 Å². The van der Waals surface area contributed by atoms with E-state index in [2.05, 4.69) is 10.6 Å². The standard InChI is InChI=1S/C15H12ClFN2O2/c16-10-2-3-11(17)12(6-10)18-7-9-1-4-14-13(5-9)19-15(20)8-21-14/h1-6,18H,7-8H2,(H,19,20). The van der Waals surface area contributed by atoms with Crippen molar-refractivity contribution in [3.05, 3.63) is 52.8 Å². The zero-order chi connectivity index (χ0) is 14.8. The van der Waals surface area contributed by atoms with Crippen molar-refractivity contribution < 1.29 is 13.9 Å². The molecule has 2 aromatic rings. The van der Waals surface area contributed by atoms with E-state index in [0.29, 0.717) is 28.7 Å². The summed E-state index contributed by atoms with van der Waals surface area (Å²) >= 11 is 5.84. The van der Waals surface area contributed by atoms with Crippen LogP contribution in [0.25, 0.3) is 0 Å². The zero-order valence-corrected chi connectivity index (χ0v) is 11.7. The molecular formula is C15H12ClFN2O2. The molecular weight excluding hydrogens is 295 g/mol. The van der Waals surface area contributed by atoms with Crippen molar-refractivity contribution in [2.75, 3.05) is 17.2 Å². The number of fused-ring (bicyclic) bond motifs is 1. The molecule has 3 rings (SSSR count). The highest BCUT2D eigenvalue weighted by Crippen LogP contribution is 2.29. The van der Waals surface area contributed by atoms with Crippen LogP contribution in [0, 0.1) is 5.82 Å². The topological polar surface area (TPSA) is 50.4 Å². The highest BCUT2D eigenvalue weighted by molar-refractivity contribution is 6.30. The monoisotopic (exact) mass is 306 g/mol. The summed E-state index contributed by atoms with van der Waals surface area (Å²) in [5.41, 5.74) is 1.84. The van der Waals surface area contributed by atoms with Gasteiger partial charge in [0.15, 0.2) is 6.61 Å². The first-order valence-electron chi connectivity index (χ1n) is 6.36. The van der Waals surface area contributed by atoms with Crippen molar-refractivity contribution in [3.8, 4) is 5.75 Å². The van der Waals surface area contributed by atoms with E-state index >= 15 is 0 Å². The maximum Gasteiger partial charge on any atom is 0.262 e. The molecule has 21 heavy (non-hydrogen) atoms. The first kappa shape index (κ1) is 13.7. The van der Waals surface area contributed by atoms with Crippen LogP contribution in [-0.4, -0.2) is 12.5 Å². The van der Waals surface area contributed by atoms with Gasteiger partial charge in [-0.05, 0) is 35.9 Å². The minimum Gasteiger partial charge on any atom is -0.482 e. The minimum absolute atomic E-state index is 0.0261. The van der Waals surface area contributed by atoms with Crippen LogP contribution < -0.4 is 15.4 Å². The van der Waals surface area contributed by atoms with Gasteiger partial charge < -0.3 is 15.4 Å². The SMILES string of the molecule is O=C1COc2ccc(CNc3cc(Cl)ccc3F)cc2N1. The lowest BCUT2D eigenvalue weighted by atomic mass is 10.1. The van der Waals surface area contributed by atoms with E-state index in [0.717, 1.165) is 5.56 Å². The number of carbonyl (C=O) groups is 1. The summed E-state index contributed by atoms with van der Waals surface area (Å²) in [6.45, 7) is 0.429. The molecule has 1 amide bonds. The Labute approximate surface area is 125 Å². The summed E-state index contributed by atoms with van der Waals surface area (Å²) in [5, 5.41) is 6.17. The number of anilines is 2. The number of halogens is 2. The summed E-state index contributed by atoms with van der Waals surface area (Å²) < 4.78 is 18.9. The van der Waals surface area contributed by atoms with Crippen LogP contribution in [0.4, 0.5) is 15.8 Å². The highest BCUT2D eigenvalue weighted by atomic mass is 35.5. The molecule has 1 heterocycles. The molecule has 0 bridgehead atoms. The van der Waals surface area contributed by atoms with Crippen molar-refractivity contribution in [1.29, 1.82) is 0 Å². The van der Waals surface area contributed by atoms with Gasteiger partial charge in [0.25, 0.3) is 5.91 Å². The van der Waals surface area contributed by atoms with Gasteiger partial charge in [0.05, 0.1) is 11.4 Å². The number of hydrogen-bond acceptors (Lipinski definition) is 3. The van der Waals surface area contributed by atoms with Gasteiger partial charge >= 0.3 is 0 Å². The van der Waals surface area contributed by atoms with Gasteiger partial charge in [0.2, 0.25) is 0 Å². The Kier molecular flexibility index (Phi) is 3.66. The first-order valence-corrected chi connectivity index (χ1v) is 6.74. The van der Waals surface area contributed by atoms with Gasteiger partial charge in [-0.15, -0.1) is 0 Å². The third-order valence-electron chi connectivity index (χ3n) is 3.09. The van der Waals surface area contributed by atoms with E-state index in [9.17, 15) is 9.18 Å². The van der Waals surface area contributed by atoms with Crippen LogP contribution in [0.5, 0.6) is 5.75 Å². The Bertz CT molecular complexity index is 706. The van der Waals surface area contributed by atoms with Gasteiger partial charge in [0, 0.05) is 11.6 Å². The molecule has 0 spiro atoms. The number of hydrogen-bond donors (Lipinski definition) is 2. The first-order chi connectivity index (χ1) is 10.1. The lowest BCUT2D eigenvalue weighted by Crippen LogP contribution is -2.25. The van der Waals surface area contributed by atoms with E-state index in [-0.39, 0.29) is 18.3 Å². The molecule has 0 aromatic heterocycles. The predicted molar refractivity (Wildman–Crippen MR) is 79.3 cm³/mol. The third-order valence-corrected chi connectivity index (χ3v) is 3.32. The summed E-state index contributed by atoms with van der Waals surface area (Å²) in [6, 6.07) is 9.76. The molecule has 0 aliphatic carbocycles. The van der Waals surface area contributed by atoms with Crippen molar-refractivity contribution in [3.63, 3.8) is 0 Å². The highest BCUT2D eigenvalue weighted by Gasteiger charge is 2.15. The number of nitrogens with one attached hydrogen (secondary N) is 2. The fraction of sp³-hybridized carbons (Fsp3) is 0.133. The molecule has 0 atom stereocenters. The average molecular weight is 307 g/mol. The summed E-state index contributed by atoms with van der Waals surface area (Å²) in [7, 11) is 0. The fourth-order valence-electron chi connectivity index (χ4n) is 2.07. The number of ether oxygens (including phenoxy) is 1. The Balaban J connectivity index is 1.75. The molecule has 2 aromatic carbocycles. The summed E-state index contributed by atoms with van der Waals surface area (Å²) in [4.78, 5) is 11.3. The van der Waals surface area contributed by atoms with Crippen LogP contribution in [0.2, 0.25) is 5.02 Å². The van der Waals surface area contributed by atoms with Crippen LogP contribution in [0.3, 0.4) is 0 Å². The molecule has 0 saturated heterocycles. The number of amides is 1. The van der Waals surface area contributed by atoms with E-state index < -0.39 is 0 Å². The molecule has 0 radical (unpaired) electrons. The molecule has 6 heteroatoms. The van der Waals surface area contributed by atoms with Gasteiger partial charge in [-0.3, -0.25) is 4.79 Å². The third kappa shape index (κ3) is 3.08. The van der Waals surface area contributed by atoms with Crippen LogP contribution in [-0.2, 0) is 11.3 Å². The Morgan fingerprint density at radius 3 is 3.00 bits per heavy atom. The molecule has 0 fully saturated rings. The normalized spacial score (nSPS) is 13.1. The minimum atomic E-state index is -0.367. The second-order valence-electron chi connectivity index (χ2n) is 4.65. The van der Waals surface area contributed by atoms with E-state index in [1.807, 2.05) is 6.07 Å². The van der Waals surface area contributed by atoms with Gasteiger partial charge in [-0.25, -0.2) is 4.39 Å². The smallest absolute Gasteiger partial charge is 0.262 e. The maximum absolute atomic E-state index is 13.6. The quantitative estimate of drug-likeness (QED) is 0.913. The van der Waals surface area contributed by atoms with E-state index in [1.165, 1.54) is 18.2 Å². The molecule has 0 saturated carbocycles. The molecule has 4 nitrogen and oxygen atoms in total. The van der Waals surface area contributed by atoms with E-state index in [4.69, 9.17) is 16.3 Å². The zero-order valence-electron chi connectivity index (χ0n) is 11.0. The number of rotatable bonds is 3. The summed E-state index contributed by atoms with van der Waals surface area (Å²) in [5.74, 6) is 0.0785.